The number of hydrogen-bond acceptors (Lipinski definition) is 3. The molecule has 1 aliphatic rings. The first-order valence-electron chi connectivity index (χ1n) is 8.44. The van der Waals surface area contributed by atoms with E-state index < -0.39 is 5.41 Å². The lowest BCUT2D eigenvalue weighted by Gasteiger charge is -2.45. The summed E-state index contributed by atoms with van der Waals surface area (Å²) in [5, 5.41) is 8.58. The summed E-state index contributed by atoms with van der Waals surface area (Å²) in [6.07, 6.45) is 0.780. The van der Waals surface area contributed by atoms with Crippen molar-refractivity contribution >= 4 is 29.1 Å². The zero-order chi connectivity index (χ0) is 18.0. The van der Waals surface area contributed by atoms with Gasteiger partial charge in [-0.3, -0.25) is 15.0 Å². The van der Waals surface area contributed by atoms with Gasteiger partial charge in [0, 0.05) is 0 Å². The summed E-state index contributed by atoms with van der Waals surface area (Å²) in [7, 11) is 0. The first-order valence-corrected chi connectivity index (χ1v) is 8.44. The van der Waals surface area contributed by atoms with Crippen molar-refractivity contribution in [2.45, 2.75) is 26.7 Å². The Balaban J connectivity index is 2.19. The minimum absolute atomic E-state index is 0.134. The highest BCUT2D eigenvalue weighted by Crippen LogP contribution is 2.39. The van der Waals surface area contributed by atoms with Gasteiger partial charge in [-0.05, 0) is 37.1 Å². The zero-order valence-corrected chi connectivity index (χ0v) is 14.4. The van der Waals surface area contributed by atoms with Crippen LogP contribution in [0.1, 0.15) is 26.7 Å². The van der Waals surface area contributed by atoms with E-state index in [1.165, 1.54) is 9.80 Å². The fraction of sp³-hybridized carbons (Fsp3) is 0.250. The van der Waals surface area contributed by atoms with Crippen molar-refractivity contribution in [3.63, 3.8) is 0 Å². The standard InChI is InChI=1S/C20H21N3O2/c1-3-20(4-2)17(24)22(15-11-7-5-8-12-15)19(21)23(18(20)25)16-13-9-6-10-14-16/h5-14,21H,3-4H2,1-2H3. The Hall–Kier alpha value is -2.95. The molecule has 1 saturated heterocycles. The molecular weight excluding hydrogens is 314 g/mol. The van der Waals surface area contributed by atoms with Crippen molar-refractivity contribution in [3.8, 4) is 0 Å². The van der Waals surface area contributed by atoms with Gasteiger partial charge in [0.25, 0.3) is 0 Å². The largest absolute Gasteiger partial charge is 0.273 e. The highest BCUT2D eigenvalue weighted by Gasteiger charge is 2.54. The number of amides is 2. The van der Waals surface area contributed by atoms with Crippen molar-refractivity contribution < 1.29 is 9.59 Å². The number of para-hydroxylation sites is 2. The predicted octanol–water partition coefficient (Wildman–Crippen LogP) is 3.81. The average molecular weight is 335 g/mol. The Morgan fingerprint density at radius 3 is 1.44 bits per heavy atom. The van der Waals surface area contributed by atoms with Crippen LogP contribution >= 0.6 is 0 Å². The van der Waals surface area contributed by atoms with Crippen LogP contribution in [0, 0.1) is 10.8 Å². The molecule has 0 spiro atoms. The van der Waals surface area contributed by atoms with E-state index in [1.54, 1.807) is 24.3 Å². The zero-order valence-electron chi connectivity index (χ0n) is 14.4. The number of anilines is 2. The Bertz CT molecular complexity index is 735. The van der Waals surface area contributed by atoms with E-state index in [9.17, 15) is 9.59 Å². The first kappa shape index (κ1) is 16.9. The lowest BCUT2D eigenvalue weighted by molar-refractivity contribution is -0.141. The molecule has 1 aliphatic heterocycles. The number of nitrogens with one attached hydrogen (secondary N) is 1. The van der Waals surface area contributed by atoms with Crippen LogP contribution in [-0.4, -0.2) is 17.8 Å². The third-order valence-electron chi connectivity index (χ3n) is 4.88. The number of nitrogens with zero attached hydrogens (tertiary/aromatic N) is 2. The molecule has 0 unspecified atom stereocenters. The molecule has 2 amide bonds. The van der Waals surface area contributed by atoms with Crippen LogP contribution in [0.25, 0.3) is 0 Å². The van der Waals surface area contributed by atoms with E-state index in [-0.39, 0.29) is 17.8 Å². The van der Waals surface area contributed by atoms with Crippen molar-refractivity contribution in [1.29, 1.82) is 5.41 Å². The maximum Gasteiger partial charge on any atom is 0.249 e. The number of hydrogen-bond donors (Lipinski definition) is 1. The van der Waals surface area contributed by atoms with E-state index in [0.29, 0.717) is 24.2 Å². The molecule has 2 aromatic rings. The topological polar surface area (TPSA) is 64.5 Å². The third-order valence-corrected chi connectivity index (χ3v) is 4.88. The SMILES string of the molecule is CCC1(CC)C(=O)N(c2ccccc2)C(=N)N(c2ccccc2)C1=O. The number of rotatable bonds is 4. The average Bonchev–Trinajstić information content (AvgIpc) is 2.65. The molecule has 0 saturated carbocycles. The van der Waals surface area contributed by atoms with Crippen molar-refractivity contribution in [3.05, 3.63) is 60.7 Å². The van der Waals surface area contributed by atoms with E-state index in [0.717, 1.165) is 0 Å². The van der Waals surface area contributed by atoms with Gasteiger partial charge in [-0.25, -0.2) is 9.80 Å². The fourth-order valence-corrected chi connectivity index (χ4v) is 3.30. The van der Waals surface area contributed by atoms with Gasteiger partial charge in [-0.2, -0.15) is 0 Å². The van der Waals surface area contributed by atoms with Crippen LogP contribution in [-0.2, 0) is 9.59 Å². The van der Waals surface area contributed by atoms with E-state index >= 15 is 0 Å². The molecule has 1 fully saturated rings. The molecule has 1 N–H and O–H groups in total. The Morgan fingerprint density at radius 2 is 1.12 bits per heavy atom. The van der Waals surface area contributed by atoms with Crippen molar-refractivity contribution in [2.75, 3.05) is 9.80 Å². The summed E-state index contributed by atoms with van der Waals surface area (Å²) in [5.74, 6) is -0.790. The molecule has 2 aromatic carbocycles. The van der Waals surface area contributed by atoms with Crippen LogP contribution < -0.4 is 9.80 Å². The second kappa shape index (κ2) is 6.51. The maximum absolute atomic E-state index is 13.2. The lowest BCUT2D eigenvalue weighted by Crippen LogP contribution is -2.66. The smallest absolute Gasteiger partial charge is 0.249 e. The second-order valence-electron chi connectivity index (χ2n) is 6.07. The van der Waals surface area contributed by atoms with Crippen LogP contribution in [0.5, 0.6) is 0 Å². The summed E-state index contributed by atoms with van der Waals surface area (Å²) in [6, 6.07) is 18.1. The summed E-state index contributed by atoms with van der Waals surface area (Å²) in [6.45, 7) is 3.70. The monoisotopic (exact) mass is 335 g/mol. The van der Waals surface area contributed by atoms with E-state index in [4.69, 9.17) is 5.41 Å². The highest BCUT2D eigenvalue weighted by atomic mass is 16.2. The van der Waals surface area contributed by atoms with E-state index in [1.807, 2.05) is 50.2 Å². The van der Waals surface area contributed by atoms with Gasteiger partial charge in [0.1, 0.15) is 5.41 Å². The van der Waals surface area contributed by atoms with Gasteiger partial charge in [0.2, 0.25) is 17.8 Å². The van der Waals surface area contributed by atoms with Gasteiger partial charge in [-0.1, -0.05) is 50.2 Å². The molecule has 1 heterocycles. The molecule has 25 heavy (non-hydrogen) atoms. The van der Waals surface area contributed by atoms with Gasteiger partial charge >= 0.3 is 0 Å². The fourth-order valence-electron chi connectivity index (χ4n) is 3.30. The molecule has 0 aromatic heterocycles. The normalized spacial score (nSPS) is 17.1. The molecule has 5 nitrogen and oxygen atoms in total. The van der Waals surface area contributed by atoms with Crippen LogP contribution in [0.4, 0.5) is 11.4 Å². The summed E-state index contributed by atoms with van der Waals surface area (Å²) in [4.78, 5) is 29.2. The molecule has 0 radical (unpaired) electrons. The third kappa shape index (κ3) is 2.52. The second-order valence-corrected chi connectivity index (χ2v) is 6.07. The molecule has 3 rings (SSSR count). The summed E-state index contributed by atoms with van der Waals surface area (Å²) >= 11 is 0. The van der Waals surface area contributed by atoms with Crippen molar-refractivity contribution in [1.82, 2.24) is 0 Å². The van der Waals surface area contributed by atoms with Crippen molar-refractivity contribution in [2.24, 2.45) is 5.41 Å². The number of carbonyl (C=O) groups excluding carboxylic acids is 2. The minimum atomic E-state index is -1.16. The Kier molecular flexibility index (Phi) is 4.40. The number of carbonyl (C=O) groups is 2. The number of guanidine groups is 1. The molecule has 0 aliphatic carbocycles. The minimum Gasteiger partial charge on any atom is -0.273 e. The Labute approximate surface area is 147 Å². The quantitative estimate of drug-likeness (QED) is 0.864. The maximum atomic E-state index is 13.2. The number of benzene rings is 2. The van der Waals surface area contributed by atoms with Crippen LogP contribution in [0.15, 0.2) is 60.7 Å². The first-order chi connectivity index (χ1) is 12.1. The summed E-state index contributed by atoms with van der Waals surface area (Å²) < 4.78 is 0. The Morgan fingerprint density at radius 1 is 0.760 bits per heavy atom. The van der Waals surface area contributed by atoms with Crippen LogP contribution in [0.3, 0.4) is 0 Å². The predicted molar refractivity (Wildman–Crippen MR) is 98.6 cm³/mol. The molecular formula is C20H21N3O2. The van der Waals surface area contributed by atoms with Gasteiger partial charge in [0.15, 0.2) is 0 Å². The van der Waals surface area contributed by atoms with Crippen LogP contribution in [0.2, 0.25) is 0 Å². The highest BCUT2D eigenvalue weighted by molar-refractivity contribution is 6.38. The molecule has 0 atom stereocenters. The van der Waals surface area contributed by atoms with E-state index in [2.05, 4.69) is 0 Å². The van der Waals surface area contributed by atoms with Gasteiger partial charge in [0.05, 0.1) is 11.4 Å². The molecule has 5 heteroatoms. The van der Waals surface area contributed by atoms with Gasteiger partial charge < -0.3 is 0 Å². The molecule has 128 valence electrons. The molecule has 0 bridgehead atoms. The van der Waals surface area contributed by atoms with Gasteiger partial charge in [-0.15, -0.1) is 0 Å². The lowest BCUT2D eigenvalue weighted by atomic mass is 9.77. The summed E-state index contributed by atoms with van der Waals surface area (Å²) in [5.41, 5.74) is 0.0328.